The lowest BCUT2D eigenvalue weighted by Crippen LogP contribution is -3.13. The molecule has 0 amide bonds. The zero-order chi connectivity index (χ0) is 16.0. The van der Waals surface area contributed by atoms with E-state index in [1.807, 2.05) is 24.3 Å². The van der Waals surface area contributed by atoms with E-state index in [4.69, 9.17) is 21.4 Å². The van der Waals surface area contributed by atoms with Gasteiger partial charge in [0, 0.05) is 16.8 Å². The van der Waals surface area contributed by atoms with Crippen molar-refractivity contribution < 1.29 is 9.53 Å². The molecule has 0 atom stereocenters. The zero-order valence-electron chi connectivity index (χ0n) is 13.0. The van der Waals surface area contributed by atoms with Gasteiger partial charge >= 0.3 is 5.97 Å². The number of hydrogen-bond donors (Lipinski definition) is 0. The topological polar surface area (TPSA) is 44.1 Å². The summed E-state index contributed by atoms with van der Waals surface area (Å²) in [5.41, 5.74) is 2.27. The average molecular weight is 339 g/mol. The normalized spacial score (nSPS) is 49.8. The van der Waals surface area contributed by atoms with Crippen molar-refractivity contribution in [3.05, 3.63) is 41.6 Å². The predicted octanol–water partition coefficient (Wildman–Crippen LogP) is 2.82. The first-order chi connectivity index (χ1) is 11.7. The molecule has 0 bridgehead atoms. The second-order valence-electron chi connectivity index (χ2n) is 8.12. The Morgan fingerprint density at radius 1 is 1.08 bits per heavy atom. The number of hydrogen-bond acceptors (Lipinski definition) is 3. The summed E-state index contributed by atoms with van der Waals surface area (Å²) in [5, 5.41) is 5.64. The van der Waals surface area contributed by atoms with Crippen molar-refractivity contribution >= 4 is 17.6 Å². The lowest BCUT2D eigenvalue weighted by Gasteiger charge is -3.09. The molecule has 1 aromatic heterocycles. The highest BCUT2D eigenvalue weighted by Crippen LogP contribution is 3.09. The smallest absolute Gasteiger partial charge is 0.312 e. The minimum absolute atomic E-state index is 0.0573. The van der Waals surface area contributed by atoms with E-state index in [9.17, 15) is 4.79 Å². The van der Waals surface area contributed by atoms with Gasteiger partial charge in [-0.05, 0) is 53.7 Å². The second-order valence-corrected chi connectivity index (χ2v) is 8.56. The molecule has 6 saturated carbocycles. The Morgan fingerprint density at radius 2 is 1.71 bits per heavy atom. The molecule has 1 heterocycles. The zero-order valence-corrected chi connectivity index (χ0v) is 13.8. The fourth-order valence-electron chi connectivity index (χ4n) is 7.83. The van der Waals surface area contributed by atoms with Crippen LogP contribution in [0, 0.1) is 40.9 Å². The van der Waals surface area contributed by atoms with Crippen molar-refractivity contribution in [3.8, 4) is 11.3 Å². The van der Waals surface area contributed by atoms with E-state index in [-0.39, 0.29) is 16.9 Å². The van der Waals surface area contributed by atoms with Crippen molar-refractivity contribution in [2.45, 2.75) is 5.54 Å². The minimum atomic E-state index is -0.0668. The van der Waals surface area contributed by atoms with Gasteiger partial charge < -0.3 is 4.74 Å². The number of rotatable bonds is 3. The van der Waals surface area contributed by atoms with Crippen LogP contribution in [0.5, 0.6) is 0 Å². The summed E-state index contributed by atoms with van der Waals surface area (Å²) in [7, 11) is 1.53. The third kappa shape index (κ3) is 0.821. The molecule has 8 rings (SSSR count). The molecule has 0 aliphatic heterocycles. The van der Waals surface area contributed by atoms with Crippen LogP contribution in [0.2, 0.25) is 5.02 Å². The number of carbonyl (C=O) groups excluding carboxylic acids is 1. The maximum atomic E-state index is 12.2. The third-order valence-corrected chi connectivity index (χ3v) is 8.49. The third-order valence-electron chi connectivity index (χ3n) is 8.24. The Bertz CT molecular complexity index is 893. The van der Waals surface area contributed by atoms with E-state index < -0.39 is 0 Å². The molecule has 2 aromatic rings. The van der Waals surface area contributed by atoms with Crippen LogP contribution in [0.3, 0.4) is 0 Å². The standard InChI is InChI=1S/C19H15ClN2O2/c1-24-17(23)18-11-14-12(18)16-13(18)15(11)19(14,16)22-7-6-10(21-22)8-2-4-9(20)5-3-8/h2-7,11-16H,1H3. The summed E-state index contributed by atoms with van der Waals surface area (Å²) >= 11 is 5.97. The molecule has 1 aromatic carbocycles. The Morgan fingerprint density at radius 3 is 2.29 bits per heavy atom. The van der Waals surface area contributed by atoms with Crippen LogP contribution in [-0.4, -0.2) is 22.9 Å². The minimum Gasteiger partial charge on any atom is -0.469 e. The summed E-state index contributed by atoms with van der Waals surface area (Å²) in [4.78, 5) is 12.2. The van der Waals surface area contributed by atoms with Crippen molar-refractivity contribution in [3.63, 3.8) is 0 Å². The lowest BCUT2D eigenvalue weighted by atomic mass is 8.94. The summed E-state index contributed by atoms with van der Waals surface area (Å²) in [6.07, 6.45) is 2.13. The van der Waals surface area contributed by atoms with E-state index in [2.05, 4.69) is 16.9 Å². The summed E-state index contributed by atoms with van der Waals surface area (Å²) in [6.45, 7) is 0. The van der Waals surface area contributed by atoms with Crippen LogP contribution in [0.25, 0.3) is 11.3 Å². The Labute approximate surface area is 143 Å². The van der Waals surface area contributed by atoms with Crippen LogP contribution < -0.4 is 0 Å². The van der Waals surface area contributed by atoms with Gasteiger partial charge in [0.1, 0.15) is 0 Å². The number of benzene rings is 1. The maximum Gasteiger partial charge on any atom is 0.312 e. The van der Waals surface area contributed by atoms with E-state index in [1.54, 1.807) is 0 Å². The number of halogens is 1. The fraction of sp³-hybridized carbons (Fsp3) is 0.474. The number of nitrogens with zero attached hydrogens (tertiary/aromatic N) is 2. The van der Waals surface area contributed by atoms with Gasteiger partial charge in [0.25, 0.3) is 0 Å². The van der Waals surface area contributed by atoms with Gasteiger partial charge in [0.2, 0.25) is 0 Å². The van der Waals surface area contributed by atoms with Crippen LogP contribution in [0.15, 0.2) is 36.5 Å². The Hall–Kier alpha value is -1.81. The average Bonchev–Trinajstić information content (AvgIpc) is 3.11. The van der Waals surface area contributed by atoms with Gasteiger partial charge in [-0.25, -0.2) is 0 Å². The highest BCUT2D eigenvalue weighted by molar-refractivity contribution is 6.30. The predicted molar refractivity (Wildman–Crippen MR) is 86.0 cm³/mol. The molecule has 4 nitrogen and oxygen atoms in total. The molecule has 6 aliphatic rings. The SMILES string of the molecule is COC(=O)C12C3C4C1C1C2C3C41n1ccc(-c2ccc(Cl)cc2)n1. The maximum absolute atomic E-state index is 12.2. The van der Waals surface area contributed by atoms with Crippen LogP contribution in [0.1, 0.15) is 0 Å². The van der Waals surface area contributed by atoms with Crippen molar-refractivity contribution in [1.82, 2.24) is 9.78 Å². The summed E-state index contributed by atoms with van der Waals surface area (Å²) < 4.78 is 7.32. The molecule has 24 heavy (non-hydrogen) atoms. The number of aromatic nitrogens is 2. The van der Waals surface area contributed by atoms with Crippen LogP contribution >= 0.6 is 11.6 Å². The van der Waals surface area contributed by atoms with Crippen molar-refractivity contribution in [1.29, 1.82) is 0 Å². The molecule has 0 radical (unpaired) electrons. The van der Waals surface area contributed by atoms with Gasteiger partial charge in [-0.1, -0.05) is 23.7 Å². The van der Waals surface area contributed by atoms with E-state index in [0.717, 1.165) is 16.3 Å². The van der Waals surface area contributed by atoms with Crippen LogP contribution in [-0.2, 0) is 15.1 Å². The highest BCUT2D eigenvalue weighted by Gasteiger charge is 3.13. The first kappa shape index (κ1) is 12.5. The summed E-state index contributed by atoms with van der Waals surface area (Å²) in [6, 6.07) is 9.93. The second kappa shape index (κ2) is 3.30. The van der Waals surface area contributed by atoms with Crippen LogP contribution in [0.4, 0.5) is 0 Å². The van der Waals surface area contributed by atoms with Gasteiger partial charge in [-0.3, -0.25) is 9.48 Å². The van der Waals surface area contributed by atoms with Gasteiger partial charge in [-0.2, -0.15) is 5.10 Å². The molecule has 0 unspecified atom stereocenters. The molecule has 0 spiro atoms. The molecular weight excluding hydrogens is 324 g/mol. The molecule has 0 saturated heterocycles. The molecular formula is C19H15ClN2O2. The first-order valence-electron chi connectivity index (χ1n) is 8.59. The van der Waals surface area contributed by atoms with E-state index in [0.29, 0.717) is 35.5 Å². The van der Waals surface area contributed by atoms with Gasteiger partial charge in [0.15, 0.2) is 0 Å². The molecule has 6 fully saturated rings. The molecule has 5 heteroatoms. The highest BCUT2D eigenvalue weighted by atomic mass is 35.5. The van der Waals surface area contributed by atoms with E-state index in [1.165, 1.54) is 7.11 Å². The van der Waals surface area contributed by atoms with Crippen molar-refractivity contribution in [2.24, 2.45) is 40.9 Å². The lowest BCUT2D eigenvalue weighted by molar-refractivity contribution is -0.632. The number of methoxy groups -OCH3 is 1. The Kier molecular flexibility index (Phi) is 1.72. The first-order valence-corrected chi connectivity index (χ1v) is 8.96. The fourth-order valence-corrected chi connectivity index (χ4v) is 7.95. The van der Waals surface area contributed by atoms with E-state index >= 15 is 0 Å². The van der Waals surface area contributed by atoms with Crippen molar-refractivity contribution in [2.75, 3.05) is 7.11 Å². The Balaban J connectivity index is 1.24. The van der Waals surface area contributed by atoms with Gasteiger partial charge in [-0.15, -0.1) is 0 Å². The quantitative estimate of drug-likeness (QED) is 0.808. The largest absolute Gasteiger partial charge is 0.469 e. The number of esters is 1. The number of carbonyl (C=O) groups is 1. The monoisotopic (exact) mass is 338 g/mol. The van der Waals surface area contributed by atoms with Gasteiger partial charge in [0.05, 0.1) is 23.8 Å². The summed E-state index contributed by atoms with van der Waals surface area (Å²) in [5.74, 6) is 3.77. The molecule has 6 aliphatic carbocycles. The molecule has 0 N–H and O–H groups in total. The molecule has 120 valence electrons. The number of ether oxygens (including phenoxy) is 1.